The maximum absolute atomic E-state index is 13.3. The predicted octanol–water partition coefficient (Wildman–Crippen LogP) is 6.01. The molecule has 6 nitrogen and oxygen atoms in total. The standard InChI is InChI=1S/C30H29N3O3S/c1-2-33-28-10-6-5-9-26(28)27-20-24(12-14-29(27)33)31-30(34)22-15-17-32(18-16-22)37(35,36)25-13-11-21-7-3-4-8-23(21)19-25/h3-14,19-20,22H,2,15-18H2,1H3,(H,31,34). The van der Waals surface area contributed by atoms with Gasteiger partial charge in [-0.25, -0.2) is 8.42 Å². The van der Waals surface area contributed by atoms with Gasteiger partial charge in [0, 0.05) is 53.0 Å². The van der Waals surface area contributed by atoms with Gasteiger partial charge in [-0.2, -0.15) is 4.31 Å². The monoisotopic (exact) mass is 511 g/mol. The van der Waals surface area contributed by atoms with Crippen molar-refractivity contribution in [2.75, 3.05) is 18.4 Å². The van der Waals surface area contributed by atoms with Crippen molar-refractivity contribution in [1.82, 2.24) is 8.87 Å². The molecule has 1 aromatic heterocycles. The molecule has 0 aliphatic carbocycles. The summed E-state index contributed by atoms with van der Waals surface area (Å²) in [7, 11) is -3.61. The summed E-state index contributed by atoms with van der Waals surface area (Å²) in [5.74, 6) is -0.280. The van der Waals surface area contributed by atoms with Crippen LogP contribution in [0.4, 0.5) is 5.69 Å². The Bertz CT molecular complexity index is 1750. The van der Waals surface area contributed by atoms with Crippen LogP contribution in [0.2, 0.25) is 0 Å². The summed E-state index contributed by atoms with van der Waals surface area (Å²) >= 11 is 0. The number of hydrogen-bond donors (Lipinski definition) is 1. The van der Waals surface area contributed by atoms with Gasteiger partial charge >= 0.3 is 0 Å². The Morgan fingerprint density at radius 3 is 2.32 bits per heavy atom. The van der Waals surface area contributed by atoms with Crippen LogP contribution in [-0.2, 0) is 21.4 Å². The molecule has 2 heterocycles. The average molecular weight is 512 g/mol. The number of nitrogens with one attached hydrogen (secondary N) is 1. The molecular formula is C30H29N3O3S. The highest BCUT2D eigenvalue weighted by molar-refractivity contribution is 7.89. The fraction of sp³-hybridized carbons (Fsp3) is 0.233. The van der Waals surface area contributed by atoms with E-state index in [1.165, 1.54) is 15.2 Å². The molecular weight excluding hydrogens is 482 g/mol. The van der Waals surface area contributed by atoms with Gasteiger partial charge in [0.05, 0.1) is 4.90 Å². The maximum Gasteiger partial charge on any atom is 0.243 e. The number of piperidine rings is 1. The minimum absolute atomic E-state index is 0.0543. The van der Waals surface area contributed by atoms with Crippen molar-refractivity contribution in [3.05, 3.63) is 84.9 Å². The van der Waals surface area contributed by atoms with Crippen LogP contribution < -0.4 is 5.32 Å². The number of benzene rings is 4. The van der Waals surface area contributed by atoms with Gasteiger partial charge in [0.25, 0.3) is 0 Å². The van der Waals surface area contributed by atoms with Crippen molar-refractivity contribution in [3.63, 3.8) is 0 Å². The molecule has 0 saturated carbocycles. The molecule has 1 aliphatic heterocycles. The Balaban J connectivity index is 1.16. The zero-order valence-corrected chi connectivity index (χ0v) is 21.5. The van der Waals surface area contributed by atoms with Gasteiger partial charge in [-0.1, -0.05) is 48.5 Å². The van der Waals surface area contributed by atoms with E-state index in [4.69, 9.17) is 0 Å². The summed E-state index contributed by atoms with van der Waals surface area (Å²) in [6, 6.07) is 27.3. The molecule has 0 atom stereocenters. The molecule has 1 fully saturated rings. The first-order chi connectivity index (χ1) is 18.0. The second-order valence-electron chi connectivity index (χ2n) is 9.67. The first kappa shape index (κ1) is 23.7. The number of nitrogens with zero attached hydrogens (tertiary/aromatic N) is 2. The highest BCUT2D eigenvalue weighted by Gasteiger charge is 2.32. The Morgan fingerprint density at radius 2 is 1.54 bits per heavy atom. The summed E-state index contributed by atoms with van der Waals surface area (Å²) in [6.45, 7) is 3.66. The molecule has 1 N–H and O–H groups in total. The number of anilines is 1. The molecule has 188 valence electrons. The SMILES string of the molecule is CCn1c2ccccc2c2cc(NC(=O)C3CCN(S(=O)(=O)c4ccc5ccccc5c4)CC3)ccc21. The molecule has 0 radical (unpaired) electrons. The number of fused-ring (bicyclic) bond motifs is 4. The Morgan fingerprint density at radius 1 is 0.838 bits per heavy atom. The van der Waals surface area contributed by atoms with Crippen LogP contribution in [0.5, 0.6) is 0 Å². The lowest BCUT2D eigenvalue weighted by Gasteiger charge is -2.30. The highest BCUT2D eigenvalue weighted by atomic mass is 32.2. The summed E-state index contributed by atoms with van der Waals surface area (Å²) in [4.78, 5) is 13.4. The van der Waals surface area contributed by atoms with Gasteiger partial charge in [0.2, 0.25) is 15.9 Å². The summed E-state index contributed by atoms with van der Waals surface area (Å²) in [5.41, 5.74) is 3.10. The molecule has 4 aromatic carbocycles. The van der Waals surface area contributed by atoms with Crippen molar-refractivity contribution >= 4 is 54.2 Å². The van der Waals surface area contributed by atoms with Gasteiger partial charge in [0.15, 0.2) is 0 Å². The van der Waals surface area contributed by atoms with Crippen molar-refractivity contribution in [3.8, 4) is 0 Å². The molecule has 7 heteroatoms. The van der Waals surface area contributed by atoms with Crippen LogP contribution in [-0.4, -0.2) is 36.3 Å². The van der Waals surface area contributed by atoms with Gasteiger partial charge in [-0.3, -0.25) is 4.79 Å². The molecule has 0 spiro atoms. The zero-order valence-electron chi connectivity index (χ0n) is 20.7. The number of aryl methyl sites for hydroxylation is 1. The quantitative estimate of drug-likeness (QED) is 0.314. The van der Waals surface area contributed by atoms with Crippen LogP contribution in [0.3, 0.4) is 0 Å². The van der Waals surface area contributed by atoms with Crippen molar-refractivity contribution < 1.29 is 13.2 Å². The molecule has 1 amide bonds. The normalized spacial score (nSPS) is 15.5. The van der Waals surface area contributed by atoms with Crippen molar-refractivity contribution in [2.24, 2.45) is 5.92 Å². The van der Waals surface area contributed by atoms with E-state index >= 15 is 0 Å². The van der Waals surface area contributed by atoms with Crippen LogP contribution >= 0.6 is 0 Å². The second kappa shape index (κ2) is 9.32. The minimum Gasteiger partial charge on any atom is -0.341 e. The smallest absolute Gasteiger partial charge is 0.243 e. The Labute approximate surface area is 216 Å². The van der Waals surface area contributed by atoms with E-state index < -0.39 is 10.0 Å². The first-order valence-corrected chi connectivity index (χ1v) is 14.2. The number of sulfonamides is 1. The fourth-order valence-electron chi connectivity index (χ4n) is 5.55. The highest BCUT2D eigenvalue weighted by Crippen LogP contribution is 2.32. The molecule has 5 aromatic rings. The van der Waals surface area contributed by atoms with E-state index in [1.807, 2.05) is 54.6 Å². The lowest BCUT2D eigenvalue weighted by Crippen LogP contribution is -2.41. The molecule has 1 aliphatic rings. The van der Waals surface area contributed by atoms with Crippen LogP contribution in [0.1, 0.15) is 19.8 Å². The van der Waals surface area contributed by atoms with Crippen LogP contribution in [0, 0.1) is 5.92 Å². The number of carbonyl (C=O) groups excluding carboxylic acids is 1. The third-order valence-electron chi connectivity index (χ3n) is 7.54. The molecule has 1 saturated heterocycles. The third-order valence-corrected chi connectivity index (χ3v) is 9.43. The summed E-state index contributed by atoms with van der Waals surface area (Å²) < 4.78 is 30.3. The zero-order chi connectivity index (χ0) is 25.6. The largest absolute Gasteiger partial charge is 0.341 e. The van der Waals surface area contributed by atoms with Gasteiger partial charge in [0.1, 0.15) is 0 Å². The number of rotatable bonds is 5. The van der Waals surface area contributed by atoms with Crippen molar-refractivity contribution in [2.45, 2.75) is 31.2 Å². The molecule has 6 rings (SSSR count). The van der Waals surface area contributed by atoms with E-state index in [0.717, 1.165) is 33.9 Å². The summed E-state index contributed by atoms with van der Waals surface area (Å²) in [5, 5.41) is 7.28. The third kappa shape index (κ3) is 4.18. The fourth-order valence-corrected chi connectivity index (χ4v) is 7.06. The Kier molecular flexibility index (Phi) is 5.97. The maximum atomic E-state index is 13.3. The molecule has 0 unspecified atom stereocenters. The van der Waals surface area contributed by atoms with Gasteiger partial charge in [-0.15, -0.1) is 0 Å². The molecule has 0 bridgehead atoms. The number of aromatic nitrogens is 1. The number of carbonyl (C=O) groups is 1. The van der Waals surface area contributed by atoms with Gasteiger partial charge < -0.3 is 9.88 Å². The summed E-state index contributed by atoms with van der Waals surface area (Å²) in [6.07, 6.45) is 0.992. The number of amides is 1. The van der Waals surface area contributed by atoms with Gasteiger partial charge in [-0.05, 0) is 66.9 Å². The number of para-hydroxylation sites is 1. The number of hydrogen-bond acceptors (Lipinski definition) is 3. The Hall–Kier alpha value is -3.68. The average Bonchev–Trinajstić information content (AvgIpc) is 3.25. The van der Waals surface area contributed by atoms with E-state index in [-0.39, 0.29) is 11.8 Å². The van der Waals surface area contributed by atoms with Crippen LogP contribution in [0.15, 0.2) is 89.8 Å². The van der Waals surface area contributed by atoms with Crippen molar-refractivity contribution in [1.29, 1.82) is 0 Å². The first-order valence-electron chi connectivity index (χ1n) is 12.8. The topological polar surface area (TPSA) is 71.4 Å². The minimum atomic E-state index is -3.61. The second-order valence-corrected chi connectivity index (χ2v) is 11.6. The molecule has 37 heavy (non-hydrogen) atoms. The van der Waals surface area contributed by atoms with E-state index in [1.54, 1.807) is 12.1 Å². The lowest BCUT2D eigenvalue weighted by molar-refractivity contribution is -0.120. The van der Waals surface area contributed by atoms with E-state index in [9.17, 15) is 13.2 Å². The van der Waals surface area contributed by atoms with E-state index in [2.05, 4.69) is 35.0 Å². The van der Waals surface area contributed by atoms with Crippen LogP contribution in [0.25, 0.3) is 32.6 Å². The van der Waals surface area contributed by atoms with E-state index in [0.29, 0.717) is 30.8 Å². The predicted molar refractivity (Wildman–Crippen MR) is 149 cm³/mol. The lowest BCUT2D eigenvalue weighted by atomic mass is 9.97.